The summed E-state index contributed by atoms with van der Waals surface area (Å²) < 4.78 is 0. The van der Waals surface area contributed by atoms with Gasteiger partial charge in [0.15, 0.2) is 0 Å². The first-order valence-electron chi connectivity index (χ1n) is 7.99. The Morgan fingerprint density at radius 3 is 2.95 bits per heavy atom. The fourth-order valence-corrected chi connectivity index (χ4v) is 4.26. The Balaban J connectivity index is 1.67. The summed E-state index contributed by atoms with van der Waals surface area (Å²) in [7, 11) is 0. The van der Waals surface area contributed by atoms with Gasteiger partial charge in [0.2, 0.25) is 0 Å². The summed E-state index contributed by atoms with van der Waals surface area (Å²) in [6, 6.07) is 4.95. The predicted molar refractivity (Wildman–Crippen MR) is 79.0 cm³/mol. The van der Waals surface area contributed by atoms with Crippen LogP contribution in [-0.4, -0.2) is 17.6 Å². The summed E-state index contributed by atoms with van der Waals surface area (Å²) in [6.07, 6.45) is 12.2. The van der Waals surface area contributed by atoms with Crippen LogP contribution in [0.15, 0.2) is 24.5 Å². The third-order valence-electron chi connectivity index (χ3n) is 5.14. The highest BCUT2D eigenvalue weighted by Crippen LogP contribution is 2.49. The fraction of sp³-hybridized carbons (Fsp3) is 0.706. The topological polar surface area (TPSA) is 24.9 Å². The summed E-state index contributed by atoms with van der Waals surface area (Å²) in [5, 5.41) is 3.82. The Bertz CT molecular complexity index is 390. The highest BCUT2D eigenvalue weighted by molar-refractivity contribution is 5.11. The summed E-state index contributed by atoms with van der Waals surface area (Å²) in [6.45, 7) is 3.41. The maximum atomic E-state index is 4.26. The van der Waals surface area contributed by atoms with Crippen LogP contribution < -0.4 is 5.32 Å². The lowest BCUT2D eigenvalue weighted by Gasteiger charge is -2.31. The Morgan fingerprint density at radius 2 is 2.32 bits per heavy atom. The standard InChI is InChI=1S/C17H26N2/c1-2-7-19-17(11-14-4-3-8-18-12-14)16-10-13-5-6-15(16)9-13/h3-4,8,12-13,15-17,19H,2,5-7,9-11H2,1H3. The van der Waals surface area contributed by atoms with Crippen molar-refractivity contribution < 1.29 is 0 Å². The van der Waals surface area contributed by atoms with Crippen molar-refractivity contribution in [3.63, 3.8) is 0 Å². The van der Waals surface area contributed by atoms with Gasteiger partial charge in [-0.15, -0.1) is 0 Å². The van der Waals surface area contributed by atoms with Crippen LogP contribution in [0, 0.1) is 17.8 Å². The molecule has 1 aromatic heterocycles. The molecule has 104 valence electrons. The molecule has 1 heterocycles. The lowest BCUT2D eigenvalue weighted by Crippen LogP contribution is -2.40. The second kappa shape index (κ2) is 6.04. The first-order chi connectivity index (χ1) is 9.36. The molecule has 2 aliphatic rings. The molecule has 0 radical (unpaired) electrons. The molecule has 0 aromatic carbocycles. The zero-order valence-corrected chi connectivity index (χ0v) is 12.0. The molecule has 0 spiro atoms. The first kappa shape index (κ1) is 13.1. The van der Waals surface area contributed by atoms with Crippen LogP contribution in [0.3, 0.4) is 0 Å². The first-order valence-corrected chi connectivity index (χ1v) is 7.99. The number of hydrogen-bond donors (Lipinski definition) is 1. The van der Waals surface area contributed by atoms with E-state index < -0.39 is 0 Å². The van der Waals surface area contributed by atoms with Crippen LogP contribution in [0.25, 0.3) is 0 Å². The third-order valence-corrected chi connectivity index (χ3v) is 5.14. The van der Waals surface area contributed by atoms with Crippen molar-refractivity contribution in [3.05, 3.63) is 30.1 Å². The number of hydrogen-bond acceptors (Lipinski definition) is 2. The molecule has 1 N–H and O–H groups in total. The monoisotopic (exact) mass is 258 g/mol. The minimum atomic E-state index is 0.666. The van der Waals surface area contributed by atoms with Crippen LogP contribution >= 0.6 is 0 Å². The fourth-order valence-electron chi connectivity index (χ4n) is 4.26. The van der Waals surface area contributed by atoms with Gasteiger partial charge < -0.3 is 5.32 Å². The molecule has 3 rings (SSSR count). The highest BCUT2D eigenvalue weighted by atomic mass is 14.9. The Hall–Kier alpha value is -0.890. The van der Waals surface area contributed by atoms with E-state index in [1.807, 2.05) is 12.4 Å². The number of rotatable bonds is 6. The van der Waals surface area contributed by atoms with Gasteiger partial charge in [0.1, 0.15) is 0 Å². The van der Waals surface area contributed by atoms with Crippen molar-refractivity contribution in [2.75, 3.05) is 6.54 Å². The second-order valence-electron chi connectivity index (χ2n) is 6.46. The average Bonchev–Trinajstić information content (AvgIpc) is 3.07. The van der Waals surface area contributed by atoms with Crippen LogP contribution in [-0.2, 0) is 6.42 Å². The molecule has 2 nitrogen and oxygen atoms in total. The SMILES string of the molecule is CCCNC(Cc1cccnc1)C1CC2CCC1C2. The van der Waals surface area contributed by atoms with Crippen molar-refractivity contribution in [3.8, 4) is 0 Å². The van der Waals surface area contributed by atoms with Crippen molar-refractivity contribution in [2.45, 2.75) is 51.5 Å². The molecular formula is C17H26N2. The van der Waals surface area contributed by atoms with Crippen molar-refractivity contribution in [1.29, 1.82) is 0 Å². The number of nitrogens with one attached hydrogen (secondary N) is 1. The molecule has 2 fully saturated rings. The Kier molecular flexibility index (Phi) is 4.17. The van der Waals surface area contributed by atoms with Gasteiger partial charge in [-0.2, -0.15) is 0 Å². The van der Waals surface area contributed by atoms with Gasteiger partial charge in [-0.3, -0.25) is 4.98 Å². The van der Waals surface area contributed by atoms with E-state index in [0.29, 0.717) is 6.04 Å². The average molecular weight is 258 g/mol. The highest BCUT2D eigenvalue weighted by Gasteiger charge is 2.42. The lowest BCUT2D eigenvalue weighted by atomic mass is 9.81. The van der Waals surface area contributed by atoms with Gasteiger partial charge in [-0.05, 0) is 68.0 Å². The van der Waals surface area contributed by atoms with Crippen molar-refractivity contribution in [2.24, 2.45) is 17.8 Å². The molecule has 4 unspecified atom stereocenters. The van der Waals surface area contributed by atoms with E-state index in [-0.39, 0.29) is 0 Å². The van der Waals surface area contributed by atoms with Crippen LogP contribution in [0.4, 0.5) is 0 Å². The number of aromatic nitrogens is 1. The third kappa shape index (κ3) is 3.00. The van der Waals surface area contributed by atoms with E-state index in [1.165, 1.54) is 37.7 Å². The van der Waals surface area contributed by atoms with E-state index >= 15 is 0 Å². The van der Waals surface area contributed by atoms with E-state index in [2.05, 4.69) is 29.4 Å². The van der Waals surface area contributed by atoms with Crippen molar-refractivity contribution in [1.82, 2.24) is 10.3 Å². The largest absolute Gasteiger partial charge is 0.313 e. The zero-order valence-electron chi connectivity index (χ0n) is 12.0. The number of fused-ring (bicyclic) bond motifs is 2. The van der Waals surface area contributed by atoms with Gasteiger partial charge in [-0.25, -0.2) is 0 Å². The molecule has 0 saturated heterocycles. The summed E-state index contributed by atoms with van der Waals surface area (Å²) in [4.78, 5) is 4.26. The minimum Gasteiger partial charge on any atom is -0.313 e. The summed E-state index contributed by atoms with van der Waals surface area (Å²) in [5.41, 5.74) is 1.39. The molecule has 2 aliphatic carbocycles. The summed E-state index contributed by atoms with van der Waals surface area (Å²) >= 11 is 0. The normalized spacial score (nSPS) is 30.7. The molecule has 19 heavy (non-hydrogen) atoms. The van der Waals surface area contributed by atoms with Gasteiger partial charge in [0, 0.05) is 18.4 Å². The zero-order chi connectivity index (χ0) is 13.1. The molecular weight excluding hydrogens is 232 g/mol. The molecule has 2 bridgehead atoms. The van der Waals surface area contributed by atoms with Gasteiger partial charge in [0.25, 0.3) is 0 Å². The van der Waals surface area contributed by atoms with Crippen LogP contribution in [0.1, 0.15) is 44.6 Å². The Labute approximate surface area is 117 Å². The van der Waals surface area contributed by atoms with E-state index in [9.17, 15) is 0 Å². The van der Waals surface area contributed by atoms with E-state index in [4.69, 9.17) is 0 Å². The minimum absolute atomic E-state index is 0.666. The number of pyridine rings is 1. The van der Waals surface area contributed by atoms with E-state index in [0.717, 1.165) is 30.7 Å². The molecule has 0 aliphatic heterocycles. The molecule has 1 aromatic rings. The van der Waals surface area contributed by atoms with Gasteiger partial charge in [-0.1, -0.05) is 19.4 Å². The maximum Gasteiger partial charge on any atom is 0.0300 e. The van der Waals surface area contributed by atoms with Crippen molar-refractivity contribution >= 4 is 0 Å². The molecule has 0 amide bonds. The summed E-state index contributed by atoms with van der Waals surface area (Å²) in [5.74, 6) is 2.94. The van der Waals surface area contributed by atoms with Crippen LogP contribution in [0.5, 0.6) is 0 Å². The second-order valence-corrected chi connectivity index (χ2v) is 6.46. The quantitative estimate of drug-likeness (QED) is 0.845. The maximum absolute atomic E-state index is 4.26. The number of nitrogens with zero attached hydrogens (tertiary/aromatic N) is 1. The van der Waals surface area contributed by atoms with Crippen LogP contribution in [0.2, 0.25) is 0 Å². The molecule has 2 saturated carbocycles. The molecule has 4 atom stereocenters. The van der Waals surface area contributed by atoms with Gasteiger partial charge in [0.05, 0.1) is 0 Å². The van der Waals surface area contributed by atoms with Gasteiger partial charge >= 0.3 is 0 Å². The van der Waals surface area contributed by atoms with E-state index in [1.54, 1.807) is 0 Å². The lowest BCUT2D eigenvalue weighted by molar-refractivity contribution is 0.247. The Morgan fingerprint density at radius 1 is 1.37 bits per heavy atom. The predicted octanol–water partition coefficient (Wildman–Crippen LogP) is 3.43. The smallest absolute Gasteiger partial charge is 0.0300 e. The molecule has 2 heteroatoms.